The summed E-state index contributed by atoms with van der Waals surface area (Å²) in [4.78, 5) is 13.7. The van der Waals surface area contributed by atoms with Crippen LogP contribution in [0.1, 0.15) is 56.0 Å². The summed E-state index contributed by atoms with van der Waals surface area (Å²) in [5.74, 6) is -1.15. The van der Waals surface area contributed by atoms with Gasteiger partial charge in [0, 0.05) is 12.6 Å². The van der Waals surface area contributed by atoms with E-state index in [0.717, 1.165) is 18.5 Å². The fourth-order valence-corrected chi connectivity index (χ4v) is 2.25. The van der Waals surface area contributed by atoms with Gasteiger partial charge in [0.05, 0.1) is 12.7 Å². The van der Waals surface area contributed by atoms with Crippen LogP contribution >= 0.6 is 0 Å². The molecule has 0 radical (unpaired) electrons. The number of ether oxygens (including phenoxy) is 1. The first-order valence-electron chi connectivity index (χ1n) is 7.60. The Balaban J connectivity index is 2.75. The minimum atomic E-state index is -0.636. The molecule has 0 aliphatic carbocycles. The molecule has 0 aromatic heterocycles. The SMILES string of the molecule is CCCCCN(Cc1ccc(C(=O)OC)c(F)c1)C(C)C. The molecule has 0 fully saturated rings. The van der Waals surface area contributed by atoms with Gasteiger partial charge in [0.15, 0.2) is 0 Å². The Morgan fingerprint density at radius 2 is 2.05 bits per heavy atom. The van der Waals surface area contributed by atoms with Gasteiger partial charge >= 0.3 is 5.97 Å². The minimum absolute atomic E-state index is 0.0108. The number of nitrogens with zero attached hydrogens (tertiary/aromatic N) is 1. The van der Waals surface area contributed by atoms with Crippen LogP contribution in [0.5, 0.6) is 0 Å². The van der Waals surface area contributed by atoms with Crippen molar-refractivity contribution in [3.63, 3.8) is 0 Å². The highest BCUT2D eigenvalue weighted by molar-refractivity contribution is 5.89. The van der Waals surface area contributed by atoms with Crippen molar-refractivity contribution in [2.45, 2.75) is 52.6 Å². The highest BCUT2D eigenvalue weighted by atomic mass is 19.1. The van der Waals surface area contributed by atoms with Crippen molar-refractivity contribution in [2.24, 2.45) is 0 Å². The van der Waals surface area contributed by atoms with Crippen molar-refractivity contribution >= 4 is 5.97 Å². The molecule has 1 rings (SSSR count). The van der Waals surface area contributed by atoms with Crippen LogP contribution in [-0.4, -0.2) is 30.6 Å². The summed E-state index contributed by atoms with van der Waals surface area (Å²) in [5, 5.41) is 0. The van der Waals surface area contributed by atoms with Gasteiger partial charge in [-0.25, -0.2) is 9.18 Å². The van der Waals surface area contributed by atoms with Crippen LogP contribution in [-0.2, 0) is 11.3 Å². The molecule has 0 atom stereocenters. The molecule has 118 valence electrons. The molecule has 3 nitrogen and oxygen atoms in total. The van der Waals surface area contributed by atoms with E-state index in [-0.39, 0.29) is 5.56 Å². The van der Waals surface area contributed by atoms with E-state index < -0.39 is 11.8 Å². The second-order valence-electron chi connectivity index (χ2n) is 5.58. The van der Waals surface area contributed by atoms with Gasteiger partial charge in [-0.3, -0.25) is 4.90 Å². The van der Waals surface area contributed by atoms with Crippen LogP contribution in [0.2, 0.25) is 0 Å². The molecule has 0 aliphatic rings. The zero-order chi connectivity index (χ0) is 15.8. The number of esters is 1. The number of rotatable bonds is 8. The number of halogens is 1. The number of benzene rings is 1. The fraction of sp³-hybridized carbons (Fsp3) is 0.588. The molecule has 0 spiro atoms. The summed E-state index contributed by atoms with van der Waals surface area (Å²) in [6.45, 7) is 8.17. The number of unbranched alkanes of at least 4 members (excludes halogenated alkanes) is 2. The highest BCUT2D eigenvalue weighted by Gasteiger charge is 2.14. The van der Waals surface area contributed by atoms with E-state index in [2.05, 4.69) is 30.4 Å². The van der Waals surface area contributed by atoms with Crippen molar-refractivity contribution in [3.05, 3.63) is 35.1 Å². The number of methoxy groups -OCH3 is 1. The zero-order valence-corrected chi connectivity index (χ0v) is 13.5. The molecule has 0 amide bonds. The van der Waals surface area contributed by atoms with Crippen LogP contribution in [0.25, 0.3) is 0 Å². The molecule has 0 saturated carbocycles. The summed E-state index contributed by atoms with van der Waals surface area (Å²) < 4.78 is 18.5. The second kappa shape index (κ2) is 8.78. The molecular weight excluding hydrogens is 269 g/mol. The van der Waals surface area contributed by atoms with Crippen molar-refractivity contribution in [3.8, 4) is 0 Å². The Kier molecular flexibility index (Phi) is 7.37. The maximum Gasteiger partial charge on any atom is 0.340 e. The standard InChI is InChI=1S/C17H26FNO2/c1-5-6-7-10-19(13(2)3)12-14-8-9-15(16(18)11-14)17(20)21-4/h8-9,11,13H,5-7,10,12H2,1-4H3. The van der Waals surface area contributed by atoms with E-state index in [4.69, 9.17) is 0 Å². The average Bonchev–Trinajstić information content (AvgIpc) is 2.45. The lowest BCUT2D eigenvalue weighted by molar-refractivity contribution is 0.0595. The van der Waals surface area contributed by atoms with Gasteiger partial charge in [0.1, 0.15) is 5.82 Å². The first kappa shape index (κ1) is 17.6. The van der Waals surface area contributed by atoms with E-state index in [1.807, 2.05) is 0 Å². The maximum absolute atomic E-state index is 13.9. The number of hydrogen-bond donors (Lipinski definition) is 0. The smallest absolute Gasteiger partial charge is 0.340 e. The molecule has 0 heterocycles. The molecule has 21 heavy (non-hydrogen) atoms. The zero-order valence-electron chi connectivity index (χ0n) is 13.5. The van der Waals surface area contributed by atoms with Gasteiger partial charge in [-0.2, -0.15) is 0 Å². The number of carbonyl (C=O) groups excluding carboxylic acids is 1. The summed E-state index contributed by atoms with van der Waals surface area (Å²) >= 11 is 0. The molecule has 0 bridgehead atoms. The van der Waals surface area contributed by atoms with E-state index in [9.17, 15) is 9.18 Å². The van der Waals surface area contributed by atoms with Crippen LogP contribution < -0.4 is 0 Å². The quantitative estimate of drug-likeness (QED) is 0.536. The Morgan fingerprint density at radius 3 is 2.57 bits per heavy atom. The molecular formula is C17H26FNO2. The molecule has 0 N–H and O–H groups in total. The monoisotopic (exact) mass is 295 g/mol. The fourth-order valence-electron chi connectivity index (χ4n) is 2.25. The average molecular weight is 295 g/mol. The lowest BCUT2D eigenvalue weighted by Crippen LogP contribution is -2.31. The third-order valence-corrected chi connectivity index (χ3v) is 3.60. The van der Waals surface area contributed by atoms with Crippen LogP contribution in [0.15, 0.2) is 18.2 Å². The van der Waals surface area contributed by atoms with Crippen molar-refractivity contribution in [2.75, 3.05) is 13.7 Å². The first-order valence-corrected chi connectivity index (χ1v) is 7.60. The summed E-state index contributed by atoms with van der Waals surface area (Å²) in [6.07, 6.45) is 3.55. The van der Waals surface area contributed by atoms with Crippen LogP contribution in [0.4, 0.5) is 4.39 Å². The van der Waals surface area contributed by atoms with E-state index in [0.29, 0.717) is 12.6 Å². The van der Waals surface area contributed by atoms with Gasteiger partial charge in [-0.15, -0.1) is 0 Å². The second-order valence-corrected chi connectivity index (χ2v) is 5.58. The lowest BCUT2D eigenvalue weighted by Gasteiger charge is -2.26. The first-order chi connectivity index (χ1) is 9.99. The van der Waals surface area contributed by atoms with Gasteiger partial charge in [-0.1, -0.05) is 25.8 Å². The van der Waals surface area contributed by atoms with E-state index in [1.54, 1.807) is 6.07 Å². The Hall–Kier alpha value is -1.42. The van der Waals surface area contributed by atoms with Crippen molar-refractivity contribution < 1.29 is 13.9 Å². The molecule has 0 unspecified atom stereocenters. The van der Waals surface area contributed by atoms with Gasteiger partial charge in [0.2, 0.25) is 0 Å². The predicted octanol–water partition coefficient (Wildman–Crippen LogP) is 4.01. The van der Waals surface area contributed by atoms with Crippen LogP contribution in [0, 0.1) is 5.82 Å². The minimum Gasteiger partial charge on any atom is -0.465 e. The summed E-state index contributed by atoms with van der Waals surface area (Å²) in [6, 6.07) is 5.14. The van der Waals surface area contributed by atoms with Crippen molar-refractivity contribution in [1.29, 1.82) is 0 Å². The van der Waals surface area contributed by atoms with E-state index >= 15 is 0 Å². The van der Waals surface area contributed by atoms with Gasteiger partial charge < -0.3 is 4.74 Å². The van der Waals surface area contributed by atoms with Gasteiger partial charge in [-0.05, 0) is 44.5 Å². The molecule has 1 aromatic rings. The third kappa shape index (κ3) is 5.46. The summed E-state index contributed by atoms with van der Waals surface area (Å²) in [7, 11) is 1.25. The lowest BCUT2D eigenvalue weighted by atomic mass is 10.1. The Morgan fingerprint density at radius 1 is 1.33 bits per heavy atom. The van der Waals surface area contributed by atoms with E-state index in [1.165, 1.54) is 32.1 Å². The van der Waals surface area contributed by atoms with Crippen molar-refractivity contribution in [1.82, 2.24) is 4.90 Å². The maximum atomic E-state index is 13.9. The third-order valence-electron chi connectivity index (χ3n) is 3.60. The predicted molar refractivity (Wildman–Crippen MR) is 82.8 cm³/mol. The Bertz CT molecular complexity index is 460. The molecule has 4 heteroatoms. The normalized spacial score (nSPS) is 11.2. The molecule has 1 aromatic carbocycles. The number of hydrogen-bond acceptors (Lipinski definition) is 3. The molecule has 0 saturated heterocycles. The topological polar surface area (TPSA) is 29.5 Å². The van der Waals surface area contributed by atoms with Crippen LogP contribution in [0.3, 0.4) is 0 Å². The Labute approximate surface area is 127 Å². The molecule has 0 aliphatic heterocycles. The summed E-state index contributed by atoms with van der Waals surface area (Å²) in [5.41, 5.74) is 0.869. The highest BCUT2D eigenvalue weighted by Crippen LogP contribution is 2.15. The largest absolute Gasteiger partial charge is 0.465 e. The number of carbonyl (C=O) groups is 1. The van der Waals surface area contributed by atoms with Gasteiger partial charge in [0.25, 0.3) is 0 Å².